The first-order valence-corrected chi connectivity index (χ1v) is 8.05. The van der Waals surface area contributed by atoms with Crippen molar-refractivity contribution in [3.63, 3.8) is 0 Å². The average molecular weight is 281 g/mol. The second-order valence-corrected chi connectivity index (χ2v) is 6.59. The number of nitriles is 1. The molecule has 0 aromatic heterocycles. The fraction of sp³-hybridized carbons (Fsp3) is 0.938. The monoisotopic (exact) mass is 281 g/mol. The minimum Gasteiger partial charge on any atom is -0.393 e. The van der Waals surface area contributed by atoms with E-state index in [0.717, 1.165) is 44.8 Å². The Kier molecular flexibility index (Phi) is 8.13. The lowest BCUT2D eigenvalue weighted by Crippen LogP contribution is -2.50. The number of aliphatic hydroxyl groups is 1. The van der Waals surface area contributed by atoms with Crippen molar-refractivity contribution in [2.75, 3.05) is 26.2 Å². The van der Waals surface area contributed by atoms with E-state index in [1.54, 1.807) is 0 Å². The topological polar surface area (TPSA) is 59.3 Å². The molecule has 1 heterocycles. The van der Waals surface area contributed by atoms with Crippen LogP contribution in [-0.2, 0) is 0 Å². The van der Waals surface area contributed by atoms with E-state index < -0.39 is 0 Å². The fourth-order valence-electron chi connectivity index (χ4n) is 2.98. The predicted octanol–water partition coefficient (Wildman–Crippen LogP) is 2.00. The number of nitrogens with zero attached hydrogens (tertiary/aromatic N) is 2. The van der Waals surface area contributed by atoms with E-state index in [9.17, 15) is 5.11 Å². The third-order valence-electron chi connectivity index (χ3n) is 4.14. The first-order chi connectivity index (χ1) is 9.55. The van der Waals surface area contributed by atoms with Gasteiger partial charge in [0.05, 0.1) is 18.7 Å². The van der Waals surface area contributed by atoms with Crippen LogP contribution < -0.4 is 5.32 Å². The molecule has 0 aromatic carbocycles. The van der Waals surface area contributed by atoms with Crippen LogP contribution in [0.1, 0.15) is 46.5 Å². The molecule has 0 amide bonds. The molecule has 20 heavy (non-hydrogen) atoms. The molecule has 0 radical (unpaired) electrons. The molecule has 2 N–H and O–H groups in total. The highest BCUT2D eigenvalue weighted by Crippen LogP contribution is 2.22. The quantitative estimate of drug-likeness (QED) is 0.668. The highest BCUT2D eigenvalue weighted by atomic mass is 16.3. The van der Waals surface area contributed by atoms with Crippen molar-refractivity contribution in [1.82, 2.24) is 10.2 Å². The largest absolute Gasteiger partial charge is 0.393 e. The highest BCUT2D eigenvalue weighted by molar-refractivity contribution is 4.88. The van der Waals surface area contributed by atoms with E-state index in [2.05, 4.69) is 30.1 Å². The zero-order valence-electron chi connectivity index (χ0n) is 13.3. The summed E-state index contributed by atoms with van der Waals surface area (Å²) in [6.07, 6.45) is 3.80. The summed E-state index contributed by atoms with van der Waals surface area (Å²) in [5, 5.41) is 22.4. The van der Waals surface area contributed by atoms with E-state index in [1.807, 2.05) is 6.92 Å². The number of nitrogens with one attached hydrogen (secondary N) is 1. The Morgan fingerprint density at radius 1 is 1.40 bits per heavy atom. The van der Waals surface area contributed by atoms with Crippen molar-refractivity contribution >= 4 is 0 Å². The molecule has 0 bridgehead atoms. The number of hydrogen-bond donors (Lipinski definition) is 2. The third kappa shape index (κ3) is 6.69. The standard InChI is InChI=1S/C16H31N3O/c1-4-16(20)10-14-9-15(18-7-5-13(2)3)12-19(11-14)8-6-17/h13-16,18,20H,4-5,7-12H2,1-3H3. The summed E-state index contributed by atoms with van der Waals surface area (Å²) in [7, 11) is 0. The first kappa shape index (κ1) is 17.4. The van der Waals surface area contributed by atoms with Crippen molar-refractivity contribution < 1.29 is 5.11 Å². The van der Waals surface area contributed by atoms with Crippen molar-refractivity contribution in [2.24, 2.45) is 11.8 Å². The van der Waals surface area contributed by atoms with Gasteiger partial charge in [-0.3, -0.25) is 4.90 Å². The maximum absolute atomic E-state index is 9.86. The van der Waals surface area contributed by atoms with Crippen LogP contribution in [0.4, 0.5) is 0 Å². The van der Waals surface area contributed by atoms with Crippen molar-refractivity contribution in [3.8, 4) is 6.07 Å². The summed E-state index contributed by atoms with van der Waals surface area (Å²) in [6, 6.07) is 2.72. The van der Waals surface area contributed by atoms with E-state index in [-0.39, 0.29) is 6.10 Å². The number of aliphatic hydroxyl groups excluding tert-OH is 1. The Labute approximate surface area is 124 Å². The molecular weight excluding hydrogens is 250 g/mol. The Balaban J connectivity index is 2.45. The Bertz CT molecular complexity index is 301. The predicted molar refractivity (Wildman–Crippen MR) is 82.3 cm³/mol. The van der Waals surface area contributed by atoms with Gasteiger partial charge in [0.1, 0.15) is 0 Å². The summed E-state index contributed by atoms with van der Waals surface area (Å²) >= 11 is 0. The minimum atomic E-state index is -0.196. The van der Waals surface area contributed by atoms with Gasteiger partial charge in [-0.1, -0.05) is 20.8 Å². The van der Waals surface area contributed by atoms with Gasteiger partial charge in [0.15, 0.2) is 0 Å². The first-order valence-electron chi connectivity index (χ1n) is 8.05. The maximum atomic E-state index is 9.86. The normalized spacial score (nSPS) is 25.6. The van der Waals surface area contributed by atoms with Gasteiger partial charge in [-0.25, -0.2) is 0 Å². The second-order valence-electron chi connectivity index (χ2n) is 6.59. The van der Waals surface area contributed by atoms with Gasteiger partial charge in [-0.15, -0.1) is 0 Å². The average Bonchev–Trinajstić information content (AvgIpc) is 2.38. The summed E-state index contributed by atoms with van der Waals surface area (Å²) in [5.41, 5.74) is 0. The lowest BCUT2D eigenvalue weighted by Gasteiger charge is -2.38. The molecule has 1 rings (SSSR count). The lowest BCUT2D eigenvalue weighted by molar-refractivity contribution is 0.0894. The van der Waals surface area contributed by atoms with Gasteiger partial charge in [-0.05, 0) is 44.1 Å². The molecule has 1 aliphatic rings. The van der Waals surface area contributed by atoms with Gasteiger partial charge < -0.3 is 10.4 Å². The Morgan fingerprint density at radius 2 is 2.15 bits per heavy atom. The second kappa shape index (κ2) is 9.33. The van der Waals surface area contributed by atoms with Crippen molar-refractivity contribution in [3.05, 3.63) is 0 Å². The van der Waals surface area contributed by atoms with Gasteiger partial charge in [-0.2, -0.15) is 5.26 Å². The van der Waals surface area contributed by atoms with Crippen LogP contribution in [0, 0.1) is 23.2 Å². The zero-order valence-corrected chi connectivity index (χ0v) is 13.3. The van der Waals surface area contributed by atoms with Crippen LogP contribution in [0.3, 0.4) is 0 Å². The van der Waals surface area contributed by atoms with Crippen LogP contribution in [0.2, 0.25) is 0 Å². The Hall–Kier alpha value is -0.630. The van der Waals surface area contributed by atoms with Crippen LogP contribution >= 0.6 is 0 Å². The fourth-order valence-corrected chi connectivity index (χ4v) is 2.98. The molecule has 0 saturated carbocycles. The molecule has 3 unspecified atom stereocenters. The highest BCUT2D eigenvalue weighted by Gasteiger charge is 2.27. The smallest absolute Gasteiger partial charge is 0.0866 e. The molecule has 116 valence electrons. The molecule has 1 saturated heterocycles. The summed E-state index contributed by atoms with van der Waals surface area (Å²) < 4.78 is 0. The van der Waals surface area contributed by atoms with Gasteiger partial charge in [0.2, 0.25) is 0 Å². The minimum absolute atomic E-state index is 0.196. The van der Waals surface area contributed by atoms with Crippen LogP contribution in [0.15, 0.2) is 0 Å². The number of hydrogen-bond acceptors (Lipinski definition) is 4. The zero-order chi connectivity index (χ0) is 15.0. The molecule has 4 heteroatoms. The molecular formula is C16H31N3O. The molecule has 0 aliphatic carbocycles. The molecule has 1 aliphatic heterocycles. The van der Waals surface area contributed by atoms with Gasteiger partial charge in [0.25, 0.3) is 0 Å². The van der Waals surface area contributed by atoms with Crippen LogP contribution in [0.5, 0.6) is 0 Å². The lowest BCUT2D eigenvalue weighted by atomic mass is 9.88. The van der Waals surface area contributed by atoms with E-state index >= 15 is 0 Å². The number of rotatable bonds is 8. The molecule has 3 atom stereocenters. The SMILES string of the molecule is CCC(O)CC1CC(NCCC(C)C)CN(CC#N)C1. The maximum Gasteiger partial charge on any atom is 0.0866 e. The van der Waals surface area contributed by atoms with Crippen LogP contribution in [-0.4, -0.2) is 48.3 Å². The van der Waals surface area contributed by atoms with Gasteiger partial charge >= 0.3 is 0 Å². The molecule has 0 spiro atoms. The van der Waals surface area contributed by atoms with E-state index in [4.69, 9.17) is 5.26 Å². The third-order valence-corrected chi connectivity index (χ3v) is 4.14. The van der Waals surface area contributed by atoms with Crippen molar-refractivity contribution in [1.29, 1.82) is 5.26 Å². The summed E-state index contributed by atoms with van der Waals surface area (Å²) in [6.45, 7) is 9.97. The van der Waals surface area contributed by atoms with Crippen molar-refractivity contribution in [2.45, 2.75) is 58.6 Å². The van der Waals surface area contributed by atoms with E-state index in [0.29, 0.717) is 18.5 Å². The van der Waals surface area contributed by atoms with Crippen LogP contribution in [0.25, 0.3) is 0 Å². The number of piperidine rings is 1. The summed E-state index contributed by atoms with van der Waals surface area (Å²) in [5.74, 6) is 1.22. The molecule has 1 fully saturated rings. The molecule has 4 nitrogen and oxygen atoms in total. The summed E-state index contributed by atoms with van der Waals surface area (Å²) in [4.78, 5) is 2.23. The Morgan fingerprint density at radius 3 is 2.75 bits per heavy atom. The van der Waals surface area contributed by atoms with E-state index in [1.165, 1.54) is 6.42 Å². The van der Waals surface area contributed by atoms with Gasteiger partial charge in [0, 0.05) is 19.1 Å². The number of likely N-dealkylation sites (tertiary alicyclic amines) is 1. The molecule has 0 aromatic rings.